The molecule has 3 amide bonds. The number of carbonyl (C=O) groups is 2. The van der Waals surface area contributed by atoms with Gasteiger partial charge >= 0.3 is 6.03 Å². The van der Waals surface area contributed by atoms with Gasteiger partial charge in [-0.15, -0.1) is 0 Å². The van der Waals surface area contributed by atoms with Gasteiger partial charge in [0.1, 0.15) is 6.04 Å². The highest BCUT2D eigenvalue weighted by atomic mass is 16.2. The molecule has 1 saturated heterocycles. The molecule has 132 valence electrons. The van der Waals surface area contributed by atoms with E-state index in [9.17, 15) is 9.59 Å². The molecule has 4 N–H and O–H groups in total. The van der Waals surface area contributed by atoms with Gasteiger partial charge in [0.15, 0.2) is 0 Å². The number of hydrogen-bond donors (Lipinski definition) is 4. The number of carbonyl (C=O) groups excluding carboxylic acids is 2. The second-order valence-corrected chi connectivity index (χ2v) is 6.59. The van der Waals surface area contributed by atoms with E-state index in [0.717, 1.165) is 31.5 Å². The Morgan fingerprint density at radius 2 is 2.00 bits per heavy atom. The lowest BCUT2D eigenvalue weighted by atomic mass is 10.0. The SMILES string of the molecule is CC(C)C(NC(=O)NCc1ccccc1)C(=O)NC1CCCNC1. The summed E-state index contributed by atoms with van der Waals surface area (Å²) < 4.78 is 0. The summed E-state index contributed by atoms with van der Waals surface area (Å²) in [5.41, 5.74) is 1.02. The van der Waals surface area contributed by atoms with Gasteiger partial charge in [-0.3, -0.25) is 4.79 Å². The lowest BCUT2D eigenvalue weighted by molar-refractivity contribution is -0.124. The van der Waals surface area contributed by atoms with Crippen molar-refractivity contribution in [3.8, 4) is 0 Å². The fraction of sp³-hybridized carbons (Fsp3) is 0.556. The first kappa shape index (κ1) is 18.3. The lowest BCUT2D eigenvalue weighted by Crippen LogP contribution is -2.56. The van der Waals surface area contributed by atoms with Crippen molar-refractivity contribution in [2.45, 2.75) is 45.3 Å². The van der Waals surface area contributed by atoms with Crippen molar-refractivity contribution in [3.05, 3.63) is 35.9 Å². The normalized spacial score (nSPS) is 18.7. The van der Waals surface area contributed by atoms with Gasteiger partial charge in [-0.25, -0.2) is 4.79 Å². The van der Waals surface area contributed by atoms with E-state index in [0.29, 0.717) is 6.54 Å². The number of urea groups is 1. The van der Waals surface area contributed by atoms with Crippen molar-refractivity contribution >= 4 is 11.9 Å². The highest BCUT2D eigenvalue weighted by Gasteiger charge is 2.26. The van der Waals surface area contributed by atoms with Crippen molar-refractivity contribution in [3.63, 3.8) is 0 Å². The fourth-order valence-electron chi connectivity index (χ4n) is 2.77. The Morgan fingerprint density at radius 3 is 2.62 bits per heavy atom. The van der Waals surface area contributed by atoms with E-state index >= 15 is 0 Å². The van der Waals surface area contributed by atoms with Crippen LogP contribution in [0.3, 0.4) is 0 Å². The maximum Gasteiger partial charge on any atom is 0.315 e. The second kappa shape index (κ2) is 9.27. The van der Waals surface area contributed by atoms with Gasteiger partial charge in [-0.2, -0.15) is 0 Å². The van der Waals surface area contributed by atoms with Crippen LogP contribution >= 0.6 is 0 Å². The van der Waals surface area contributed by atoms with Gasteiger partial charge in [-0.1, -0.05) is 44.2 Å². The molecule has 1 aliphatic heterocycles. The maximum absolute atomic E-state index is 12.5. The number of benzene rings is 1. The minimum Gasteiger partial charge on any atom is -0.350 e. The zero-order chi connectivity index (χ0) is 17.4. The van der Waals surface area contributed by atoms with Crippen molar-refractivity contribution in [2.75, 3.05) is 13.1 Å². The standard InChI is InChI=1S/C18H28N4O2/c1-13(2)16(17(23)21-15-9-6-10-19-12-15)22-18(24)20-11-14-7-4-3-5-8-14/h3-5,7-8,13,15-16,19H,6,9-12H2,1-2H3,(H,21,23)(H2,20,22,24). The Bertz CT molecular complexity index is 527. The number of hydrogen-bond acceptors (Lipinski definition) is 3. The number of amides is 3. The lowest BCUT2D eigenvalue weighted by Gasteiger charge is -2.28. The first-order chi connectivity index (χ1) is 11.6. The molecule has 6 heteroatoms. The summed E-state index contributed by atoms with van der Waals surface area (Å²) in [7, 11) is 0. The molecule has 0 radical (unpaired) electrons. The van der Waals surface area contributed by atoms with Gasteiger partial charge in [0, 0.05) is 19.1 Å². The Hall–Kier alpha value is -2.08. The van der Waals surface area contributed by atoms with Crippen LogP contribution in [0.2, 0.25) is 0 Å². The average Bonchev–Trinajstić information content (AvgIpc) is 2.59. The second-order valence-electron chi connectivity index (χ2n) is 6.59. The van der Waals surface area contributed by atoms with Crippen LogP contribution in [0.1, 0.15) is 32.3 Å². The average molecular weight is 332 g/mol. The zero-order valence-corrected chi connectivity index (χ0v) is 14.5. The van der Waals surface area contributed by atoms with E-state index in [1.165, 1.54) is 0 Å². The first-order valence-corrected chi connectivity index (χ1v) is 8.65. The summed E-state index contributed by atoms with van der Waals surface area (Å²) in [5, 5.41) is 11.9. The third-order valence-corrected chi connectivity index (χ3v) is 4.17. The van der Waals surface area contributed by atoms with Gasteiger partial charge in [0.05, 0.1) is 0 Å². The van der Waals surface area contributed by atoms with Crippen LogP contribution in [-0.4, -0.2) is 37.1 Å². The van der Waals surface area contributed by atoms with E-state index in [4.69, 9.17) is 0 Å². The predicted molar refractivity (Wildman–Crippen MR) is 94.5 cm³/mol. The molecule has 1 aliphatic rings. The van der Waals surface area contributed by atoms with Crippen LogP contribution in [-0.2, 0) is 11.3 Å². The van der Waals surface area contributed by atoms with Gasteiger partial charge in [0.2, 0.25) is 5.91 Å². The summed E-state index contributed by atoms with van der Waals surface area (Å²) in [4.78, 5) is 24.6. The Morgan fingerprint density at radius 1 is 1.25 bits per heavy atom. The summed E-state index contributed by atoms with van der Waals surface area (Å²) in [6.45, 7) is 6.09. The van der Waals surface area contributed by atoms with Crippen LogP contribution in [0.4, 0.5) is 4.79 Å². The molecule has 24 heavy (non-hydrogen) atoms. The zero-order valence-electron chi connectivity index (χ0n) is 14.5. The number of piperidine rings is 1. The largest absolute Gasteiger partial charge is 0.350 e. The van der Waals surface area contributed by atoms with Crippen molar-refractivity contribution in [2.24, 2.45) is 5.92 Å². The van der Waals surface area contributed by atoms with E-state index < -0.39 is 6.04 Å². The molecule has 2 atom stereocenters. The van der Waals surface area contributed by atoms with E-state index in [2.05, 4.69) is 21.3 Å². The monoisotopic (exact) mass is 332 g/mol. The molecule has 1 heterocycles. The minimum absolute atomic E-state index is 0.0176. The van der Waals surface area contributed by atoms with E-state index in [-0.39, 0.29) is 23.9 Å². The molecule has 1 aromatic carbocycles. The maximum atomic E-state index is 12.5. The molecule has 2 rings (SSSR count). The number of rotatable bonds is 6. The topological polar surface area (TPSA) is 82.3 Å². The molecule has 2 unspecified atom stereocenters. The van der Waals surface area contributed by atoms with Gasteiger partial charge in [-0.05, 0) is 30.9 Å². The molecule has 1 aromatic rings. The molecule has 0 saturated carbocycles. The summed E-state index contributed by atoms with van der Waals surface area (Å²) in [5.74, 6) is -0.0995. The molecule has 6 nitrogen and oxygen atoms in total. The van der Waals surface area contributed by atoms with Crippen molar-refractivity contribution in [1.29, 1.82) is 0 Å². The van der Waals surface area contributed by atoms with E-state index in [1.54, 1.807) is 0 Å². The Balaban J connectivity index is 1.82. The Kier molecular flexibility index (Phi) is 7.06. The third kappa shape index (κ3) is 5.85. The Labute approximate surface area is 143 Å². The molecule has 0 spiro atoms. The molecular formula is C18H28N4O2. The summed E-state index contributed by atoms with van der Waals surface area (Å²) in [6.07, 6.45) is 2.03. The van der Waals surface area contributed by atoms with E-state index in [1.807, 2.05) is 44.2 Å². The smallest absolute Gasteiger partial charge is 0.315 e. The van der Waals surface area contributed by atoms with Crippen LogP contribution < -0.4 is 21.3 Å². The van der Waals surface area contributed by atoms with Gasteiger partial charge < -0.3 is 21.3 Å². The molecule has 0 aliphatic carbocycles. The third-order valence-electron chi connectivity index (χ3n) is 4.17. The molecule has 1 fully saturated rings. The van der Waals surface area contributed by atoms with Gasteiger partial charge in [0.25, 0.3) is 0 Å². The summed E-state index contributed by atoms with van der Waals surface area (Å²) >= 11 is 0. The first-order valence-electron chi connectivity index (χ1n) is 8.65. The minimum atomic E-state index is -0.539. The van der Waals surface area contributed by atoms with Crippen LogP contribution in [0, 0.1) is 5.92 Å². The molecular weight excluding hydrogens is 304 g/mol. The molecule has 0 aromatic heterocycles. The highest BCUT2D eigenvalue weighted by molar-refractivity contribution is 5.87. The van der Waals surface area contributed by atoms with Crippen LogP contribution in [0.5, 0.6) is 0 Å². The molecule has 0 bridgehead atoms. The quantitative estimate of drug-likeness (QED) is 0.635. The van der Waals surface area contributed by atoms with Crippen LogP contribution in [0.25, 0.3) is 0 Å². The number of nitrogens with one attached hydrogen (secondary N) is 4. The van der Waals surface area contributed by atoms with Crippen molar-refractivity contribution < 1.29 is 9.59 Å². The highest BCUT2D eigenvalue weighted by Crippen LogP contribution is 2.06. The van der Waals surface area contributed by atoms with Crippen LogP contribution in [0.15, 0.2) is 30.3 Å². The summed E-state index contributed by atoms with van der Waals surface area (Å²) in [6, 6.07) is 8.96. The fourth-order valence-corrected chi connectivity index (χ4v) is 2.77. The predicted octanol–water partition coefficient (Wildman–Crippen LogP) is 1.38. The van der Waals surface area contributed by atoms with Crippen molar-refractivity contribution in [1.82, 2.24) is 21.3 Å².